The molecule has 0 spiro atoms. The minimum absolute atomic E-state index is 0.0231. The topological polar surface area (TPSA) is 54.9 Å². The second-order valence-corrected chi connectivity index (χ2v) is 7.59. The van der Waals surface area contributed by atoms with Crippen molar-refractivity contribution in [2.45, 2.75) is 25.3 Å². The van der Waals surface area contributed by atoms with E-state index in [1.165, 1.54) is 4.88 Å². The summed E-state index contributed by atoms with van der Waals surface area (Å²) in [5.41, 5.74) is 1.98. The highest BCUT2D eigenvalue weighted by Crippen LogP contribution is 2.30. The molecule has 3 rings (SSSR count). The van der Waals surface area contributed by atoms with Crippen molar-refractivity contribution >= 4 is 44.9 Å². The summed E-state index contributed by atoms with van der Waals surface area (Å²) in [6.07, 6.45) is 2.04. The van der Waals surface area contributed by atoms with Crippen molar-refractivity contribution in [1.29, 1.82) is 0 Å². The minimum Gasteiger partial charge on any atom is -0.326 e. The zero-order chi connectivity index (χ0) is 16.2. The third-order valence-corrected chi connectivity index (χ3v) is 5.25. The Morgan fingerprint density at radius 1 is 1.26 bits per heavy atom. The summed E-state index contributed by atoms with van der Waals surface area (Å²) < 4.78 is 0. The quantitative estimate of drug-likeness (QED) is 0.550. The first-order valence-electron chi connectivity index (χ1n) is 7.32. The molecule has 0 aliphatic heterocycles. The van der Waals surface area contributed by atoms with Crippen LogP contribution in [0.15, 0.2) is 41.7 Å². The first-order chi connectivity index (χ1) is 11.1. The monoisotopic (exact) mass is 343 g/mol. The summed E-state index contributed by atoms with van der Waals surface area (Å²) in [6.45, 7) is 4.07. The van der Waals surface area contributed by atoms with E-state index in [-0.39, 0.29) is 5.91 Å². The average molecular weight is 343 g/mol. The summed E-state index contributed by atoms with van der Waals surface area (Å²) in [4.78, 5) is 22.9. The van der Waals surface area contributed by atoms with E-state index in [4.69, 9.17) is 0 Å². The fourth-order valence-corrected chi connectivity index (χ4v) is 4.08. The average Bonchev–Trinajstić information content (AvgIpc) is 2.88. The number of nitrogens with one attached hydrogen (secondary N) is 1. The van der Waals surface area contributed by atoms with E-state index in [9.17, 15) is 4.79 Å². The van der Waals surface area contributed by atoms with Crippen LogP contribution < -0.4 is 5.32 Å². The highest BCUT2D eigenvalue weighted by molar-refractivity contribution is 7.99. The first kappa shape index (κ1) is 16.0. The van der Waals surface area contributed by atoms with Crippen molar-refractivity contribution in [2.75, 3.05) is 11.1 Å². The molecular weight excluding hydrogens is 326 g/mol. The van der Waals surface area contributed by atoms with Crippen molar-refractivity contribution in [3.05, 3.63) is 47.1 Å². The van der Waals surface area contributed by atoms with Gasteiger partial charge in [0.15, 0.2) is 0 Å². The number of carbonyl (C=O) groups is 1. The maximum Gasteiger partial charge on any atom is 0.225 e. The van der Waals surface area contributed by atoms with Gasteiger partial charge in [-0.3, -0.25) is 4.79 Å². The van der Waals surface area contributed by atoms with Crippen LogP contribution in [0.4, 0.5) is 5.69 Å². The second-order valence-electron chi connectivity index (χ2n) is 5.27. The Hall–Kier alpha value is -1.92. The molecule has 6 heteroatoms. The second kappa shape index (κ2) is 7.10. The van der Waals surface area contributed by atoms with Crippen LogP contribution in [-0.2, 0) is 4.79 Å². The van der Waals surface area contributed by atoms with Crippen LogP contribution >= 0.6 is 23.1 Å². The lowest BCUT2D eigenvalue weighted by atomic mass is 10.2. The third kappa shape index (κ3) is 4.09. The smallest absolute Gasteiger partial charge is 0.225 e. The fraction of sp³-hybridized carbons (Fsp3) is 0.235. The molecule has 0 fully saturated rings. The normalized spacial score (nSPS) is 10.9. The summed E-state index contributed by atoms with van der Waals surface area (Å²) in [5, 5.41) is 4.96. The van der Waals surface area contributed by atoms with E-state index in [1.807, 2.05) is 31.2 Å². The lowest BCUT2D eigenvalue weighted by Gasteiger charge is -2.06. The Labute approximate surface area is 143 Å². The van der Waals surface area contributed by atoms with Gasteiger partial charge in [-0.1, -0.05) is 12.1 Å². The molecule has 3 aromatic rings. The molecular formula is C17H17N3OS2. The lowest BCUT2D eigenvalue weighted by molar-refractivity contribution is -0.115. The van der Waals surface area contributed by atoms with Gasteiger partial charge in [-0.05, 0) is 37.6 Å². The van der Waals surface area contributed by atoms with Crippen molar-refractivity contribution in [3.63, 3.8) is 0 Å². The van der Waals surface area contributed by atoms with Crippen molar-refractivity contribution < 1.29 is 4.79 Å². The lowest BCUT2D eigenvalue weighted by Crippen LogP contribution is -2.12. The number of thiophene rings is 1. The Bertz CT molecular complexity index is 845. The number of aryl methyl sites for hydroxylation is 2. The number of anilines is 1. The van der Waals surface area contributed by atoms with E-state index in [0.29, 0.717) is 12.2 Å². The molecule has 0 unspecified atom stereocenters. The Balaban J connectivity index is 1.57. The highest BCUT2D eigenvalue weighted by Gasteiger charge is 2.09. The molecule has 0 saturated carbocycles. The number of amides is 1. The number of aromatic nitrogens is 2. The number of hydrogen-bond acceptors (Lipinski definition) is 5. The fourth-order valence-electron chi connectivity index (χ4n) is 2.26. The van der Waals surface area contributed by atoms with E-state index in [1.54, 1.807) is 29.4 Å². The van der Waals surface area contributed by atoms with Gasteiger partial charge < -0.3 is 5.32 Å². The van der Waals surface area contributed by atoms with Gasteiger partial charge in [0.2, 0.25) is 5.91 Å². The van der Waals surface area contributed by atoms with E-state index >= 15 is 0 Å². The molecule has 23 heavy (non-hydrogen) atoms. The number of benzene rings is 1. The molecule has 118 valence electrons. The highest BCUT2D eigenvalue weighted by atomic mass is 32.2. The van der Waals surface area contributed by atoms with Gasteiger partial charge in [-0.15, -0.1) is 23.1 Å². The number of rotatable bonds is 5. The number of hydrogen-bond donors (Lipinski definition) is 1. The molecule has 2 aromatic heterocycles. The van der Waals surface area contributed by atoms with Crippen molar-refractivity contribution in [2.24, 2.45) is 0 Å². The molecule has 1 amide bonds. The molecule has 0 radical (unpaired) electrons. The van der Waals surface area contributed by atoms with E-state index < -0.39 is 0 Å². The summed E-state index contributed by atoms with van der Waals surface area (Å²) >= 11 is 3.27. The molecule has 0 saturated heterocycles. The Kier molecular flexibility index (Phi) is 4.93. The molecule has 2 heterocycles. The van der Waals surface area contributed by atoms with Crippen LogP contribution in [0.25, 0.3) is 10.2 Å². The van der Waals surface area contributed by atoms with Gasteiger partial charge in [0.1, 0.15) is 16.2 Å². The number of carbonyl (C=O) groups excluding carboxylic acids is 1. The molecule has 0 aliphatic carbocycles. The van der Waals surface area contributed by atoms with Crippen molar-refractivity contribution in [3.8, 4) is 0 Å². The zero-order valence-electron chi connectivity index (χ0n) is 13.0. The number of fused-ring (bicyclic) bond motifs is 1. The van der Waals surface area contributed by atoms with Crippen LogP contribution in [-0.4, -0.2) is 21.6 Å². The molecule has 0 atom stereocenters. The van der Waals surface area contributed by atoms with Gasteiger partial charge in [0, 0.05) is 28.1 Å². The van der Waals surface area contributed by atoms with Crippen LogP contribution in [0, 0.1) is 13.8 Å². The SMILES string of the molecule is Cc1cccc(NC(=O)CCSc2ncnc3sc(C)cc23)c1. The molecule has 4 nitrogen and oxygen atoms in total. The third-order valence-electron chi connectivity index (χ3n) is 3.29. The standard InChI is InChI=1S/C17H17N3OS2/c1-11-4-3-5-13(8-11)20-15(21)6-7-22-16-14-9-12(2)23-17(14)19-10-18-16/h3-5,8-10H,6-7H2,1-2H3,(H,20,21). The summed E-state index contributed by atoms with van der Waals surface area (Å²) in [6, 6.07) is 9.92. The maximum atomic E-state index is 12.0. The number of thioether (sulfide) groups is 1. The first-order valence-corrected chi connectivity index (χ1v) is 9.12. The van der Waals surface area contributed by atoms with E-state index in [2.05, 4.69) is 28.3 Å². The Morgan fingerprint density at radius 3 is 2.96 bits per heavy atom. The van der Waals surface area contributed by atoms with E-state index in [0.717, 1.165) is 26.5 Å². The Morgan fingerprint density at radius 2 is 2.13 bits per heavy atom. The van der Waals surface area contributed by atoms with Crippen LogP contribution in [0.1, 0.15) is 16.9 Å². The largest absolute Gasteiger partial charge is 0.326 e. The van der Waals surface area contributed by atoms with Crippen LogP contribution in [0.3, 0.4) is 0 Å². The molecule has 1 aromatic carbocycles. The van der Waals surface area contributed by atoms with Gasteiger partial charge >= 0.3 is 0 Å². The van der Waals surface area contributed by atoms with Crippen molar-refractivity contribution in [1.82, 2.24) is 9.97 Å². The van der Waals surface area contributed by atoms with Crippen LogP contribution in [0.2, 0.25) is 0 Å². The number of nitrogens with zero attached hydrogens (tertiary/aromatic N) is 2. The van der Waals surface area contributed by atoms with Crippen LogP contribution in [0.5, 0.6) is 0 Å². The van der Waals surface area contributed by atoms with Gasteiger partial charge in [0.25, 0.3) is 0 Å². The van der Waals surface area contributed by atoms with Gasteiger partial charge in [0.05, 0.1) is 0 Å². The maximum absolute atomic E-state index is 12.0. The minimum atomic E-state index is 0.0231. The van der Waals surface area contributed by atoms with Gasteiger partial charge in [-0.2, -0.15) is 0 Å². The predicted molar refractivity (Wildman–Crippen MR) is 97.3 cm³/mol. The molecule has 1 N–H and O–H groups in total. The summed E-state index contributed by atoms with van der Waals surface area (Å²) in [7, 11) is 0. The van der Waals surface area contributed by atoms with Gasteiger partial charge in [-0.25, -0.2) is 9.97 Å². The molecule has 0 bridgehead atoms. The molecule has 0 aliphatic rings. The predicted octanol–water partition coefficient (Wildman–Crippen LogP) is 4.43. The zero-order valence-corrected chi connectivity index (χ0v) is 14.6. The summed E-state index contributed by atoms with van der Waals surface area (Å²) in [5.74, 6) is 0.716.